The van der Waals surface area contributed by atoms with Crippen molar-refractivity contribution < 1.29 is 4.74 Å². The third-order valence-corrected chi connectivity index (χ3v) is 2.95. The lowest BCUT2D eigenvalue weighted by Gasteiger charge is -2.16. The highest BCUT2D eigenvalue weighted by molar-refractivity contribution is 5.45. The Kier molecular flexibility index (Phi) is 4.39. The van der Waals surface area contributed by atoms with Crippen LogP contribution >= 0.6 is 0 Å². The number of hydrogen-bond acceptors (Lipinski definition) is 3. The quantitative estimate of drug-likeness (QED) is 0.879. The van der Waals surface area contributed by atoms with Crippen LogP contribution in [0.4, 0.5) is 5.69 Å². The maximum absolute atomic E-state index is 5.44. The average Bonchev–Trinajstić information content (AvgIpc) is 2.40. The number of rotatable bonds is 5. The molecule has 0 fully saturated rings. The SMILES string of the molecule is CCOc1ccc(C(C)Nc2cncc(C)c2)cc1. The molecule has 2 rings (SSSR count). The first-order valence-electron chi connectivity index (χ1n) is 6.60. The van der Waals surface area contributed by atoms with Gasteiger partial charge in [-0.15, -0.1) is 0 Å². The van der Waals surface area contributed by atoms with E-state index in [9.17, 15) is 0 Å². The van der Waals surface area contributed by atoms with Gasteiger partial charge < -0.3 is 10.1 Å². The summed E-state index contributed by atoms with van der Waals surface area (Å²) in [4.78, 5) is 4.19. The molecule has 0 aliphatic rings. The predicted octanol–water partition coefficient (Wildman–Crippen LogP) is 3.96. The number of nitrogens with one attached hydrogen (secondary N) is 1. The van der Waals surface area contributed by atoms with Gasteiger partial charge in [0.15, 0.2) is 0 Å². The van der Waals surface area contributed by atoms with Crippen molar-refractivity contribution >= 4 is 5.69 Å². The van der Waals surface area contributed by atoms with E-state index in [2.05, 4.69) is 35.4 Å². The molecule has 19 heavy (non-hydrogen) atoms. The average molecular weight is 256 g/mol. The van der Waals surface area contributed by atoms with Gasteiger partial charge in [0.05, 0.1) is 12.3 Å². The molecule has 1 N–H and O–H groups in total. The van der Waals surface area contributed by atoms with Gasteiger partial charge in [-0.25, -0.2) is 0 Å². The molecule has 2 aromatic rings. The van der Waals surface area contributed by atoms with Crippen molar-refractivity contribution in [3.63, 3.8) is 0 Å². The molecule has 0 spiro atoms. The number of hydrogen-bond donors (Lipinski definition) is 1. The summed E-state index contributed by atoms with van der Waals surface area (Å²) in [6, 6.07) is 10.5. The monoisotopic (exact) mass is 256 g/mol. The molecule has 0 saturated carbocycles. The molecule has 1 aromatic heterocycles. The first-order valence-corrected chi connectivity index (χ1v) is 6.60. The molecule has 1 atom stereocenters. The van der Waals surface area contributed by atoms with Crippen molar-refractivity contribution in [3.05, 3.63) is 53.9 Å². The van der Waals surface area contributed by atoms with Gasteiger partial charge >= 0.3 is 0 Å². The van der Waals surface area contributed by atoms with Gasteiger partial charge in [0.1, 0.15) is 5.75 Å². The van der Waals surface area contributed by atoms with Crippen LogP contribution in [0.5, 0.6) is 5.75 Å². The summed E-state index contributed by atoms with van der Waals surface area (Å²) >= 11 is 0. The number of aromatic nitrogens is 1. The Labute approximate surface area is 114 Å². The van der Waals surface area contributed by atoms with E-state index >= 15 is 0 Å². The molecule has 1 unspecified atom stereocenters. The Morgan fingerprint density at radius 3 is 2.58 bits per heavy atom. The van der Waals surface area contributed by atoms with Crippen LogP contribution in [0, 0.1) is 6.92 Å². The second kappa shape index (κ2) is 6.23. The maximum atomic E-state index is 5.44. The normalized spacial score (nSPS) is 11.9. The third-order valence-electron chi connectivity index (χ3n) is 2.95. The zero-order valence-electron chi connectivity index (χ0n) is 11.7. The van der Waals surface area contributed by atoms with E-state index < -0.39 is 0 Å². The van der Waals surface area contributed by atoms with E-state index in [1.807, 2.05) is 38.4 Å². The van der Waals surface area contributed by atoms with Crippen LogP contribution in [0.15, 0.2) is 42.7 Å². The van der Waals surface area contributed by atoms with E-state index in [-0.39, 0.29) is 6.04 Å². The van der Waals surface area contributed by atoms with Gasteiger partial charge in [0.2, 0.25) is 0 Å². The van der Waals surface area contributed by atoms with Crippen LogP contribution < -0.4 is 10.1 Å². The minimum atomic E-state index is 0.235. The predicted molar refractivity (Wildman–Crippen MR) is 78.6 cm³/mol. The summed E-state index contributed by atoms with van der Waals surface area (Å²) in [5.74, 6) is 0.913. The van der Waals surface area contributed by atoms with Crippen molar-refractivity contribution in [2.24, 2.45) is 0 Å². The summed E-state index contributed by atoms with van der Waals surface area (Å²) in [6.45, 7) is 6.86. The number of nitrogens with zero attached hydrogens (tertiary/aromatic N) is 1. The van der Waals surface area contributed by atoms with Gasteiger partial charge in [0, 0.05) is 18.4 Å². The number of benzene rings is 1. The Hall–Kier alpha value is -2.03. The Bertz CT molecular complexity index is 523. The number of pyridine rings is 1. The van der Waals surface area contributed by atoms with Crippen LogP contribution in [0.1, 0.15) is 31.0 Å². The highest BCUT2D eigenvalue weighted by Crippen LogP contribution is 2.21. The maximum Gasteiger partial charge on any atom is 0.119 e. The summed E-state index contributed by atoms with van der Waals surface area (Å²) in [7, 11) is 0. The summed E-state index contributed by atoms with van der Waals surface area (Å²) < 4.78 is 5.44. The van der Waals surface area contributed by atoms with Crippen molar-refractivity contribution in [3.8, 4) is 5.75 Å². The molecule has 100 valence electrons. The van der Waals surface area contributed by atoms with Crippen LogP contribution in [0.2, 0.25) is 0 Å². The molecule has 0 bridgehead atoms. The molecule has 1 heterocycles. The molecule has 3 nitrogen and oxygen atoms in total. The fourth-order valence-corrected chi connectivity index (χ4v) is 1.99. The van der Waals surface area contributed by atoms with Crippen LogP contribution in [0.25, 0.3) is 0 Å². The van der Waals surface area contributed by atoms with E-state index in [0.717, 1.165) is 17.0 Å². The summed E-state index contributed by atoms with van der Waals surface area (Å²) in [5, 5.41) is 3.45. The van der Waals surface area contributed by atoms with Crippen molar-refractivity contribution in [2.45, 2.75) is 26.8 Å². The highest BCUT2D eigenvalue weighted by atomic mass is 16.5. The smallest absolute Gasteiger partial charge is 0.119 e. The molecule has 0 aliphatic heterocycles. The van der Waals surface area contributed by atoms with E-state index in [4.69, 9.17) is 4.74 Å². The Morgan fingerprint density at radius 2 is 1.95 bits per heavy atom. The lowest BCUT2D eigenvalue weighted by molar-refractivity contribution is 0.340. The molecule has 0 radical (unpaired) electrons. The summed E-state index contributed by atoms with van der Waals surface area (Å²) in [5.41, 5.74) is 3.43. The van der Waals surface area contributed by atoms with E-state index in [0.29, 0.717) is 6.61 Å². The molecular weight excluding hydrogens is 236 g/mol. The van der Waals surface area contributed by atoms with E-state index in [1.54, 1.807) is 0 Å². The second-order valence-corrected chi connectivity index (χ2v) is 4.62. The number of ether oxygens (including phenoxy) is 1. The van der Waals surface area contributed by atoms with Crippen LogP contribution in [-0.2, 0) is 0 Å². The van der Waals surface area contributed by atoms with Crippen molar-refractivity contribution in [1.82, 2.24) is 4.98 Å². The molecular formula is C16H20N2O. The third kappa shape index (κ3) is 3.71. The molecule has 1 aromatic carbocycles. The summed E-state index contributed by atoms with van der Waals surface area (Å²) in [6.07, 6.45) is 3.70. The van der Waals surface area contributed by atoms with Gasteiger partial charge in [-0.2, -0.15) is 0 Å². The lowest BCUT2D eigenvalue weighted by atomic mass is 10.1. The Balaban J connectivity index is 2.05. The molecule has 0 amide bonds. The zero-order valence-corrected chi connectivity index (χ0v) is 11.7. The van der Waals surface area contributed by atoms with E-state index in [1.165, 1.54) is 5.56 Å². The van der Waals surface area contributed by atoms with Crippen LogP contribution in [0.3, 0.4) is 0 Å². The molecule has 3 heteroatoms. The number of aryl methyl sites for hydroxylation is 1. The fraction of sp³-hybridized carbons (Fsp3) is 0.312. The lowest BCUT2D eigenvalue weighted by Crippen LogP contribution is -2.07. The first kappa shape index (κ1) is 13.4. The number of anilines is 1. The van der Waals surface area contributed by atoms with Crippen LogP contribution in [-0.4, -0.2) is 11.6 Å². The van der Waals surface area contributed by atoms with Gasteiger partial charge in [0.25, 0.3) is 0 Å². The minimum absolute atomic E-state index is 0.235. The van der Waals surface area contributed by atoms with Gasteiger partial charge in [-0.3, -0.25) is 4.98 Å². The standard InChI is InChI=1S/C16H20N2O/c1-4-19-16-7-5-14(6-8-16)13(3)18-15-9-12(2)10-17-11-15/h5-11,13,18H,4H2,1-3H3. The molecule has 0 saturated heterocycles. The molecule has 0 aliphatic carbocycles. The fourth-order valence-electron chi connectivity index (χ4n) is 1.99. The van der Waals surface area contributed by atoms with Crippen molar-refractivity contribution in [1.29, 1.82) is 0 Å². The second-order valence-electron chi connectivity index (χ2n) is 4.62. The Morgan fingerprint density at radius 1 is 1.21 bits per heavy atom. The zero-order chi connectivity index (χ0) is 13.7. The highest BCUT2D eigenvalue weighted by Gasteiger charge is 2.05. The largest absolute Gasteiger partial charge is 0.494 e. The topological polar surface area (TPSA) is 34.1 Å². The van der Waals surface area contributed by atoms with Gasteiger partial charge in [-0.05, 0) is 50.1 Å². The first-order chi connectivity index (χ1) is 9.19. The minimum Gasteiger partial charge on any atom is -0.494 e. The van der Waals surface area contributed by atoms with Gasteiger partial charge in [-0.1, -0.05) is 12.1 Å². The van der Waals surface area contributed by atoms with Crippen molar-refractivity contribution in [2.75, 3.05) is 11.9 Å².